The van der Waals surface area contributed by atoms with Gasteiger partial charge in [0.15, 0.2) is 0 Å². The van der Waals surface area contributed by atoms with Gasteiger partial charge in [0.2, 0.25) is 0 Å². The highest BCUT2D eigenvalue weighted by atomic mass is 28.3. The minimum absolute atomic E-state index is 0.201. The van der Waals surface area contributed by atoms with E-state index in [4.69, 9.17) is 4.74 Å². The molecular formula is C16H22OSi. The molecule has 0 aromatic heterocycles. The van der Waals surface area contributed by atoms with Crippen molar-refractivity contribution in [2.45, 2.75) is 51.6 Å². The molecule has 0 fully saturated rings. The van der Waals surface area contributed by atoms with Crippen LogP contribution in [0.3, 0.4) is 0 Å². The van der Waals surface area contributed by atoms with Gasteiger partial charge in [-0.15, -0.1) is 0 Å². The summed E-state index contributed by atoms with van der Waals surface area (Å²) in [4.78, 5) is 0. The van der Waals surface area contributed by atoms with E-state index in [0.29, 0.717) is 0 Å². The molecule has 2 bridgehead atoms. The van der Waals surface area contributed by atoms with Gasteiger partial charge >= 0.3 is 0 Å². The largest absolute Gasteiger partial charge is 0.351 e. The summed E-state index contributed by atoms with van der Waals surface area (Å²) in [7, 11) is -1.35. The molecule has 0 saturated heterocycles. The lowest BCUT2D eigenvalue weighted by atomic mass is 9.82. The summed E-state index contributed by atoms with van der Waals surface area (Å²) in [5, 5.41) is 1.56. The van der Waals surface area contributed by atoms with Crippen LogP contribution in [0.25, 0.3) is 0 Å². The lowest BCUT2D eigenvalue weighted by Crippen LogP contribution is -2.43. The Kier molecular flexibility index (Phi) is 2.15. The first-order valence-corrected chi connectivity index (χ1v) is 10.2. The lowest BCUT2D eigenvalue weighted by Gasteiger charge is -2.28. The van der Waals surface area contributed by atoms with Crippen molar-refractivity contribution < 1.29 is 4.74 Å². The summed E-state index contributed by atoms with van der Waals surface area (Å²) >= 11 is 0. The van der Waals surface area contributed by atoms with E-state index in [2.05, 4.69) is 64.7 Å². The molecule has 2 heteroatoms. The molecule has 1 aromatic carbocycles. The van der Waals surface area contributed by atoms with E-state index in [1.54, 1.807) is 5.19 Å². The molecule has 96 valence electrons. The zero-order valence-electron chi connectivity index (χ0n) is 12.2. The van der Waals surface area contributed by atoms with Gasteiger partial charge in [0, 0.05) is 0 Å². The fraction of sp³-hybridized carbons (Fsp3) is 0.500. The molecule has 2 aliphatic heterocycles. The number of aryl methyl sites for hydroxylation is 1. The van der Waals surface area contributed by atoms with Gasteiger partial charge in [0.05, 0.1) is 8.07 Å². The second-order valence-electron chi connectivity index (χ2n) is 7.13. The molecular weight excluding hydrogens is 236 g/mol. The number of fused-ring (bicyclic) bond motifs is 5. The average Bonchev–Trinajstić information content (AvgIpc) is 2.64. The second kappa shape index (κ2) is 3.17. The maximum Gasteiger partial charge on any atom is 0.111 e. The number of benzene rings is 1. The second-order valence-corrected chi connectivity index (χ2v) is 12.2. The minimum Gasteiger partial charge on any atom is -0.351 e. The van der Waals surface area contributed by atoms with E-state index in [9.17, 15) is 0 Å². The number of hydrogen-bond donors (Lipinski definition) is 0. The van der Waals surface area contributed by atoms with E-state index in [0.717, 1.165) is 0 Å². The third kappa shape index (κ3) is 1.42. The van der Waals surface area contributed by atoms with Crippen LogP contribution in [0.1, 0.15) is 30.5 Å². The van der Waals surface area contributed by atoms with Crippen LogP contribution < -0.4 is 5.19 Å². The molecule has 0 saturated carbocycles. The highest BCUT2D eigenvalue weighted by molar-refractivity contribution is 6.89. The third-order valence-corrected chi connectivity index (χ3v) is 6.28. The smallest absolute Gasteiger partial charge is 0.111 e. The molecule has 0 amide bonds. The summed E-state index contributed by atoms with van der Waals surface area (Å²) in [5.74, 6) is 0. The Labute approximate surface area is 111 Å². The van der Waals surface area contributed by atoms with E-state index >= 15 is 0 Å². The summed E-state index contributed by atoms with van der Waals surface area (Å²) in [5.41, 5.74) is 3.81. The Balaban J connectivity index is 2.36. The SMILES string of the molecule is Cc1cc2c(c([Si](C)(C)C)c1)C1(C)C=CC2(C)O1. The molecule has 1 aromatic rings. The van der Waals surface area contributed by atoms with Crippen LogP contribution in [-0.2, 0) is 15.9 Å². The molecule has 0 N–H and O–H groups in total. The molecule has 2 heterocycles. The number of hydrogen-bond acceptors (Lipinski definition) is 1. The first kappa shape index (κ1) is 12.2. The topological polar surface area (TPSA) is 9.23 Å². The molecule has 0 aliphatic carbocycles. The molecule has 2 aliphatic rings. The monoisotopic (exact) mass is 258 g/mol. The Morgan fingerprint density at radius 3 is 2.22 bits per heavy atom. The van der Waals surface area contributed by atoms with Crippen molar-refractivity contribution >= 4 is 13.3 Å². The Bertz CT molecular complexity index is 567. The zero-order valence-corrected chi connectivity index (χ0v) is 13.2. The Morgan fingerprint density at radius 2 is 1.61 bits per heavy atom. The molecule has 0 spiro atoms. The van der Waals surface area contributed by atoms with E-state index in [-0.39, 0.29) is 11.2 Å². The standard InChI is InChI=1S/C16H22OSi/c1-11-9-12-14(13(10-11)18(4,5)6)16(3)8-7-15(12,2)17-16/h7-10H,1-6H3. The number of ether oxygens (including phenoxy) is 1. The molecule has 18 heavy (non-hydrogen) atoms. The molecule has 2 atom stereocenters. The highest BCUT2D eigenvalue weighted by Crippen LogP contribution is 2.53. The van der Waals surface area contributed by atoms with E-state index in [1.807, 2.05) is 0 Å². The first-order chi connectivity index (χ1) is 8.16. The van der Waals surface area contributed by atoms with Gasteiger partial charge < -0.3 is 4.74 Å². The predicted octanol–water partition coefficient (Wildman–Crippen LogP) is 3.57. The fourth-order valence-corrected chi connectivity index (χ4v) is 5.20. The van der Waals surface area contributed by atoms with Crippen LogP contribution in [0.15, 0.2) is 24.3 Å². The van der Waals surface area contributed by atoms with Gasteiger partial charge in [-0.25, -0.2) is 0 Å². The van der Waals surface area contributed by atoms with Gasteiger partial charge in [-0.05, 0) is 44.1 Å². The van der Waals surface area contributed by atoms with Crippen molar-refractivity contribution in [3.8, 4) is 0 Å². The van der Waals surface area contributed by atoms with E-state index in [1.165, 1.54) is 16.7 Å². The maximum atomic E-state index is 6.32. The summed E-state index contributed by atoms with van der Waals surface area (Å²) in [6.45, 7) is 13.9. The van der Waals surface area contributed by atoms with Gasteiger partial charge in [0.25, 0.3) is 0 Å². The predicted molar refractivity (Wildman–Crippen MR) is 79.1 cm³/mol. The summed E-state index contributed by atoms with van der Waals surface area (Å²) < 4.78 is 6.32. The van der Waals surface area contributed by atoms with Crippen LogP contribution in [0, 0.1) is 6.92 Å². The molecule has 3 rings (SSSR count). The highest BCUT2D eigenvalue weighted by Gasteiger charge is 2.52. The number of rotatable bonds is 1. The molecule has 1 nitrogen and oxygen atoms in total. The lowest BCUT2D eigenvalue weighted by molar-refractivity contribution is -0.0492. The van der Waals surface area contributed by atoms with Crippen LogP contribution in [-0.4, -0.2) is 8.07 Å². The van der Waals surface area contributed by atoms with Crippen LogP contribution >= 0.6 is 0 Å². The first-order valence-electron chi connectivity index (χ1n) is 6.72. The maximum absolute atomic E-state index is 6.32. The van der Waals surface area contributed by atoms with Crippen LogP contribution in [0.5, 0.6) is 0 Å². The third-order valence-electron chi connectivity index (χ3n) is 4.27. The van der Waals surface area contributed by atoms with Crippen LogP contribution in [0.4, 0.5) is 0 Å². The van der Waals surface area contributed by atoms with Crippen molar-refractivity contribution in [1.82, 2.24) is 0 Å². The van der Waals surface area contributed by atoms with Crippen molar-refractivity contribution in [3.05, 3.63) is 41.0 Å². The summed E-state index contributed by atoms with van der Waals surface area (Å²) in [6, 6.07) is 4.70. The average molecular weight is 258 g/mol. The summed E-state index contributed by atoms with van der Waals surface area (Å²) in [6.07, 6.45) is 4.47. The fourth-order valence-electron chi connectivity index (χ4n) is 3.41. The van der Waals surface area contributed by atoms with Gasteiger partial charge in [-0.1, -0.05) is 42.5 Å². The van der Waals surface area contributed by atoms with Crippen molar-refractivity contribution in [2.24, 2.45) is 0 Å². The van der Waals surface area contributed by atoms with Gasteiger partial charge in [0.1, 0.15) is 11.2 Å². The Hall–Kier alpha value is -0.863. The van der Waals surface area contributed by atoms with Crippen molar-refractivity contribution in [3.63, 3.8) is 0 Å². The van der Waals surface area contributed by atoms with Gasteiger partial charge in [-0.2, -0.15) is 0 Å². The zero-order chi connectivity index (χ0) is 13.3. The van der Waals surface area contributed by atoms with E-state index < -0.39 is 8.07 Å². The normalized spacial score (nSPS) is 33.0. The Morgan fingerprint density at radius 1 is 1.00 bits per heavy atom. The van der Waals surface area contributed by atoms with Crippen LogP contribution in [0.2, 0.25) is 19.6 Å². The van der Waals surface area contributed by atoms with Crippen molar-refractivity contribution in [1.29, 1.82) is 0 Å². The minimum atomic E-state index is -1.35. The molecule has 2 unspecified atom stereocenters. The van der Waals surface area contributed by atoms with Crippen molar-refractivity contribution in [2.75, 3.05) is 0 Å². The van der Waals surface area contributed by atoms with Gasteiger partial charge in [-0.3, -0.25) is 0 Å². The quantitative estimate of drug-likeness (QED) is 0.553. The molecule has 0 radical (unpaired) electrons.